The molecule has 1 unspecified atom stereocenters. The van der Waals surface area contributed by atoms with Crippen molar-refractivity contribution in [3.05, 3.63) is 29.6 Å². The highest BCUT2D eigenvalue weighted by molar-refractivity contribution is 5.75. The zero-order valence-electron chi connectivity index (χ0n) is 16.0. The number of nitrogens with one attached hydrogen (secondary N) is 1. The second-order valence-electron chi connectivity index (χ2n) is 6.95. The summed E-state index contributed by atoms with van der Waals surface area (Å²) in [6.07, 6.45) is 0.0828. The van der Waals surface area contributed by atoms with Gasteiger partial charge in [-0.25, -0.2) is 4.98 Å². The molecule has 1 aromatic carbocycles. The number of hydrogen-bond donors (Lipinski definition) is 1. The number of hydrogen-bond acceptors (Lipinski definition) is 3. The van der Waals surface area contributed by atoms with Crippen molar-refractivity contribution in [3.8, 4) is 0 Å². The van der Waals surface area contributed by atoms with E-state index in [-0.39, 0.29) is 11.5 Å². The molecule has 0 aliphatic heterocycles. The van der Waals surface area contributed by atoms with E-state index in [2.05, 4.69) is 67.9 Å². The summed E-state index contributed by atoms with van der Waals surface area (Å²) in [5, 5.41) is 0. The summed E-state index contributed by atoms with van der Waals surface area (Å²) in [7, 11) is 4.19. The summed E-state index contributed by atoms with van der Waals surface area (Å²) < 4.78 is 6.09. The van der Waals surface area contributed by atoms with Crippen molar-refractivity contribution in [1.29, 1.82) is 0 Å². The number of imidazole rings is 1. The predicted octanol–water partition coefficient (Wildman–Crippen LogP) is 4.56. The van der Waals surface area contributed by atoms with Crippen LogP contribution in [0.2, 0.25) is 0 Å². The maximum absolute atomic E-state index is 6.09. The van der Waals surface area contributed by atoms with Crippen molar-refractivity contribution in [2.45, 2.75) is 47.6 Å². The van der Waals surface area contributed by atoms with Crippen LogP contribution in [0.25, 0.3) is 11.0 Å². The molecule has 1 aromatic heterocycles. The number of aryl methyl sites for hydroxylation is 1. The molecular formula is C19H33N3O. The van der Waals surface area contributed by atoms with Crippen LogP contribution in [-0.4, -0.2) is 42.1 Å². The topological polar surface area (TPSA) is 41.1 Å². The molecule has 0 saturated heterocycles. The van der Waals surface area contributed by atoms with Gasteiger partial charge in [-0.1, -0.05) is 33.8 Å². The van der Waals surface area contributed by atoms with Gasteiger partial charge in [0.25, 0.3) is 0 Å². The Morgan fingerprint density at radius 3 is 2.52 bits per heavy atom. The van der Waals surface area contributed by atoms with Crippen LogP contribution in [0.15, 0.2) is 18.2 Å². The van der Waals surface area contributed by atoms with E-state index in [1.165, 1.54) is 5.56 Å². The fraction of sp³-hybridized carbons (Fsp3) is 0.632. The largest absolute Gasteiger partial charge is 0.373 e. The summed E-state index contributed by atoms with van der Waals surface area (Å²) in [6, 6.07) is 6.30. The quantitative estimate of drug-likeness (QED) is 0.848. The number of aromatic amines is 1. The third-order valence-corrected chi connectivity index (χ3v) is 3.56. The third kappa shape index (κ3) is 5.96. The smallest absolute Gasteiger partial charge is 0.104 e. The number of benzene rings is 1. The molecule has 0 aliphatic rings. The van der Waals surface area contributed by atoms with Gasteiger partial charge in [-0.3, -0.25) is 0 Å². The lowest BCUT2D eigenvalue weighted by Gasteiger charge is -2.29. The first-order valence-corrected chi connectivity index (χ1v) is 8.49. The fourth-order valence-corrected chi connectivity index (χ4v) is 2.76. The van der Waals surface area contributed by atoms with E-state index in [0.717, 1.165) is 30.0 Å². The SMILES string of the molecule is CC.Cc1nc2ccc(C(C)OCC(C)(C)CN(C)C)cc2[nH]1. The highest BCUT2D eigenvalue weighted by Crippen LogP contribution is 2.25. The van der Waals surface area contributed by atoms with Crippen molar-refractivity contribution in [2.75, 3.05) is 27.2 Å². The maximum atomic E-state index is 6.09. The molecule has 130 valence electrons. The van der Waals surface area contributed by atoms with Gasteiger partial charge in [-0.15, -0.1) is 0 Å². The normalized spacial score (nSPS) is 13.1. The molecule has 1 heterocycles. The van der Waals surface area contributed by atoms with Gasteiger partial charge >= 0.3 is 0 Å². The minimum Gasteiger partial charge on any atom is -0.373 e. The Morgan fingerprint density at radius 1 is 1.26 bits per heavy atom. The Labute approximate surface area is 141 Å². The van der Waals surface area contributed by atoms with Gasteiger partial charge in [0.05, 0.1) is 23.7 Å². The van der Waals surface area contributed by atoms with E-state index in [0.29, 0.717) is 0 Å². The number of ether oxygens (including phenoxy) is 1. The Morgan fingerprint density at radius 2 is 1.91 bits per heavy atom. The first kappa shape index (κ1) is 19.7. The van der Waals surface area contributed by atoms with Gasteiger partial charge in [0.15, 0.2) is 0 Å². The fourth-order valence-electron chi connectivity index (χ4n) is 2.76. The average Bonchev–Trinajstić information content (AvgIpc) is 2.84. The molecule has 0 amide bonds. The van der Waals surface area contributed by atoms with Crippen LogP contribution in [0.4, 0.5) is 0 Å². The zero-order chi connectivity index (χ0) is 17.6. The average molecular weight is 319 g/mol. The highest BCUT2D eigenvalue weighted by atomic mass is 16.5. The van der Waals surface area contributed by atoms with E-state index < -0.39 is 0 Å². The lowest BCUT2D eigenvalue weighted by molar-refractivity contribution is 0.00242. The lowest BCUT2D eigenvalue weighted by Crippen LogP contribution is -2.32. The molecule has 1 atom stereocenters. The first-order valence-electron chi connectivity index (χ1n) is 8.49. The van der Waals surface area contributed by atoms with Crippen LogP contribution < -0.4 is 0 Å². The van der Waals surface area contributed by atoms with Crippen LogP contribution in [0.1, 0.15) is 52.1 Å². The van der Waals surface area contributed by atoms with Crippen molar-refractivity contribution in [1.82, 2.24) is 14.9 Å². The predicted molar refractivity (Wildman–Crippen MR) is 98.9 cm³/mol. The number of fused-ring (bicyclic) bond motifs is 1. The van der Waals surface area contributed by atoms with Crippen LogP contribution in [0.5, 0.6) is 0 Å². The highest BCUT2D eigenvalue weighted by Gasteiger charge is 2.21. The van der Waals surface area contributed by atoms with E-state index in [9.17, 15) is 0 Å². The molecule has 0 radical (unpaired) electrons. The Bertz CT molecular complexity index is 602. The molecule has 0 bridgehead atoms. The molecule has 4 nitrogen and oxygen atoms in total. The summed E-state index contributed by atoms with van der Waals surface area (Å²) >= 11 is 0. The van der Waals surface area contributed by atoms with Crippen LogP contribution >= 0.6 is 0 Å². The van der Waals surface area contributed by atoms with Crippen LogP contribution in [0, 0.1) is 12.3 Å². The Hall–Kier alpha value is -1.39. The first-order chi connectivity index (χ1) is 10.8. The van der Waals surface area contributed by atoms with E-state index >= 15 is 0 Å². The van der Waals surface area contributed by atoms with Gasteiger partial charge < -0.3 is 14.6 Å². The van der Waals surface area contributed by atoms with Crippen molar-refractivity contribution in [2.24, 2.45) is 5.41 Å². The van der Waals surface area contributed by atoms with Gasteiger partial charge in [0, 0.05) is 12.0 Å². The molecule has 2 aromatic rings. The van der Waals surface area contributed by atoms with Gasteiger partial charge in [0.1, 0.15) is 5.82 Å². The molecule has 0 aliphatic carbocycles. The number of nitrogens with zero attached hydrogens (tertiary/aromatic N) is 2. The zero-order valence-corrected chi connectivity index (χ0v) is 16.0. The minimum atomic E-state index is 0.0828. The summed E-state index contributed by atoms with van der Waals surface area (Å²) in [6.45, 7) is 14.3. The van der Waals surface area contributed by atoms with Crippen molar-refractivity contribution >= 4 is 11.0 Å². The summed E-state index contributed by atoms with van der Waals surface area (Å²) in [5.41, 5.74) is 3.42. The Kier molecular flexibility index (Phi) is 7.23. The molecule has 1 N–H and O–H groups in total. The Balaban J connectivity index is 0.00000127. The van der Waals surface area contributed by atoms with Gasteiger partial charge in [-0.2, -0.15) is 0 Å². The molecular weight excluding hydrogens is 286 g/mol. The molecule has 0 saturated carbocycles. The van der Waals surface area contributed by atoms with Crippen molar-refractivity contribution in [3.63, 3.8) is 0 Å². The number of H-pyrrole nitrogens is 1. The minimum absolute atomic E-state index is 0.0828. The van der Waals surface area contributed by atoms with Crippen LogP contribution in [0.3, 0.4) is 0 Å². The summed E-state index contributed by atoms with van der Waals surface area (Å²) in [4.78, 5) is 9.91. The number of rotatable bonds is 6. The molecule has 4 heteroatoms. The third-order valence-electron chi connectivity index (χ3n) is 3.56. The number of aromatic nitrogens is 2. The monoisotopic (exact) mass is 319 g/mol. The van der Waals surface area contributed by atoms with E-state index in [1.54, 1.807) is 0 Å². The van der Waals surface area contributed by atoms with Crippen molar-refractivity contribution < 1.29 is 4.74 Å². The summed E-state index contributed by atoms with van der Waals surface area (Å²) in [5.74, 6) is 0.947. The molecule has 23 heavy (non-hydrogen) atoms. The van der Waals surface area contributed by atoms with E-state index in [4.69, 9.17) is 4.74 Å². The lowest BCUT2D eigenvalue weighted by atomic mass is 9.94. The van der Waals surface area contributed by atoms with E-state index in [1.807, 2.05) is 20.8 Å². The second-order valence-corrected chi connectivity index (χ2v) is 6.95. The molecule has 2 rings (SSSR count). The van der Waals surface area contributed by atoms with Gasteiger partial charge in [0.2, 0.25) is 0 Å². The standard InChI is InChI=1S/C17H27N3O.C2H6/c1-12(21-11-17(3,4)10-20(5)6)14-7-8-15-16(9-14)19-13(2)18-15;1-2/h7-9,12H,10-11H2,1-6H3,(H,18,19);1-2H3. The maximum Gasteiger partial charge on any atom is 0.104 e. The van der Waals surface area contributed by atoms with Gasteiger partial charge in [-0.05, 0) is 45.6 Å². The molecule has 0 spiro atoms. The van der Waals surface area contributed by atoms with Crippen LogP contribution in [-0.2, 0) is 4.74 Å². The second kappa shape index (κ2) is 8.46. The molecule has 0 fully saturated rings.